The van der Waals surface area contributed by atoms with Crippen LogP contribution in [0.3, 0.4) is 0 Å². The first kappa shape index (κ1) is 7.17. The van der Waals surface area contributed by atoms with E-state index in [1.165, 1.54) is 12.1 Å². The number of halogens is 1. The Morgan fingerprint density at radius 3 is 2.67 bits per heavy atom. The van der Waals surface area contributed by atoms with Crippen LogP contribution in [0, 0.1) is 5.82 Å². The van der Waals surface area contributed by atoms with Gasteiger partial charge in [-0.05, 0) is 6.07 Å². The molecule has 2 aromatic rings. The molecule has 12 heavy (non-hydrogen) atoms. The standard InChI is InChI=1S/C7H6FN3O/c8-5-2-7-6(9-11-10-7)1-4(5)3-12/h1-2,12H,3H2,(H,9,10,11). The zero-order valence-electron chi connectivity index (χ0n) is 6.08. The molecule has 0 atom stereocenters. The summed E-state index contributed by atoms with van der Waals surface area (Å²) in [4.78, 5) is 0. The highest BCUT2D eigenvalue weighted by atomic mass is 19.1. The van der Waals surface area contributed by atoms with Gasteiger partial charge in [-0.2, -0.15) is 15.4 Å². The van der Waals surface area contributed by atoms with Gasteiger partial charge in [0.25, 0.3) is 0 Å². The average molecular weight is 167 g/mol. The molecule has 2 rings (SSSR count). The quantitative estimate of drug-likeness (QED) is 0.653. The van der Waals surface area contributed by atoms with E-state index in [0.717, 1.165) is 0 Å². The predicted molar refractivity (Wildman–Crippen MR) is 39.8 cm³/mol. The summed E-state index contributed by atoms with van der Waals surface area (Å²) in [5.41, 5.74) is 1.25. The highest BCUT2D eigenvalue weighted by Gasteiger charge is 2.05. The molecular weight excluding hydrogens is 161 g/mol. The summed E-state index contributed by atoms with van der Waals surface area (Å²) in [5.74, 6) is -0.459. The molecule has 5 heteroatoms. The SMILES string of the molecule is OCc1cc2n[nH]nc2cc1F. The molecule has 2 N–H and O–H groups in total. The molecule has 0 saturated heterocycles. The fourth-order valence-electron chi connectivity index (χ4n) is 1.03. The Hall–Kier alpha value is -1.49. The zero-order chi connectivity index (χ0) is 8.55. The third-order valence-electron chi connectivity index (χ3n) is 1.65. The van der Waals surface area contributed by atoms with E-state index < -0.39 is 5.82 Å². The maximum absolute atomic E-state index is 13.0. The number of aromatic amines is 1. The number of aliphatic hydroxyl groups is 1. The second kappa shape index (κ2) is 2.53. The maximum Gasteiger partial charge on any atom is 0.131 e. The fraction of sp³-hybridized carbons (Fsp3) is 0.143. The molecule has 1 aromatic carbocycles. The van der Waals surface area contributed by atoms with Crippen LogP contribution in [-0.2, 0) is 6.61 Å². The minimum atomic E-state index is -0.459. The lowest BCUT2D eigenvalue weighted by atomic mass is 10.2. The van der Waals surface area contributed by atoms with Crippen molar-refractivity contribution in [1.82, 2.24) is 15.4 Å². The second-order valence-corrected chi connectivity index (χ2v) is 2.41. The van der Waals surface area contributed by atoms with Gasteiger partial charge >= 0.3 is 0 Å². The average Bonchev–Trinajstić information content (AvgIpc) is 2.49. The zero-order valence-corrected chi connectivity index (χ0v) is 6.08. The van der Waals surface area contributed by atoms with Crippen LogP contribution in [0.2, 0.25) is 0 Å². The molecule has 62 valence electrons. The number of nitrogens with one attached hydrogen (secondary N) is 1. The Balaban J connectivity index is 2.73. The van der Waals surface area contributed by atoms with Gasteiger partial charge in [0, 0.05) is 11.6 Å². The molecule has 1 aromatic heterocycles. The summed E-state index contributed by atoms with van der Waals surface area (Å²) in [7, 11) is 0. The van der Waals surface area contributed by atoms with Gasteiger partial charge < -0.3 is 5.11 Å². The van der Waals surface area contributed by atoms with Gasteiger partial charge in [0.1, 0.15) is 16.9 Å². The van der Waals surface area contributed by atoms with Gasteiger partial charge in [-0.25, -0.2) is 4.39 Å². The van der Waals surface area contributed by atoms with Crippen LogP contribution in [0.1, 0.15) is 5.56 Å². The normalized spacial score (nSPS) is 10.8. The number of nitrogens with zero attached hydrogens (tertiary/aromatic N) is 2. The molecule has 0 aliphatic carbocycles. The highest BCUT2D eigenvalue weighted by molar-refractivity contribution is 5.74. The van der Waals surface area contributed by atoms with Crippen LogP contribution in [-0.4, -0.2) is 20.5 Å². The van der Waals surface area contributed by atoms with Crippen molar-refractivity contribution < 1.29 is 9.50 Å². The van der Waals surface area contributed by atoms with Gasteiger partial charge in [-0.15, -0.1) is 0 Å². The van der Waals surface area contributed by atoms with E-state index in [-0.39, 0.29) is 12.2 Å². The van der Waals surface area contributed by atoms with Crippen molar-refractivity contribution in [3.05, 3.63) is 23.5 Å². The molecule has 0 aliphatic rings. The molecule has 1 heterocycles. The lowest BCUT2D eigenvalue weighted by Gasteiger charge is -1.96. The lowest BCUT2D eigenvalue weighted by molar-refractivity contribution is 0.276. The number of hydrogen-bond acceptors (Lipinski definition) is 3. The van der Waals surface area contributed by atoms with E-state index in [9.17, 15) is 4.39 Å². The number of aromatic nitrogens is 3. The molecule has 0 aliphatic heterocycles. The maximum atomic E-state index is 13.0. The van der Waals surface area contributed by atoms with E-state index in [2.05, 4.69) is 15.4 Å². The summed E-state index contributed by atoms with van der Waals surface area (Å²) in [6.45, 7) is -0.325. The highest BCUT2D eigenvalue weighted by Crippen LogP contribution is 2.14. The Morgan fingerprint density at radius 1 is 1.33 bits per heavy atom. The van der Waals surface area contributed by atoms with Crippen molar-refractivity contribution in [2.24, 2.45) is 0 Å². The number of H-pyrrole nitrogens is 1. The lowest BCUT2D eigenvalue weighted by Crippen LogP contribution is -1.89. The van der Waals surface area contributed by atoms with Gasteiger partial charge in [0.05, 0.1) is 6.61 Å². The van der Waals surface area contributed by atoms with Crippen molar-refractivity contribution in [2.75, 3.05) is 0 Å². The van der Waals surface area contributed by atoms with Crippen molar-refractivity contribution in [2.45, 2.75) is 6.61 Å². The summed E-state index contributed by atoms with van der Waals surface area (Å²) < 4.78 is 13.0. The minimum absolute atomic E-state index is 0.233. The van der Waals surface area contributed by atoms with E-state index in [0.29, 0.717) is 11.0 Å². The third-order valence-corrected chi connectivity index (χ3v) is 1.65. The van der Waals surface area contributed by atoms with Crippen LogP contribution in [0.15, 0.2) is 12.1 Å². The summed E-state index contributed by atoms with van der Waals surface area (Å²) in [5, 5.41) is 18.5. The number of fused-ring (bicyclic) bond motifs is 1. The second-order valence-electron chi connectivity index (χ2n) is 2.41. The van der Waals surface area contributed by atoms with Gasteiger partial charge in [-0.1, -0.05) is 0 Å². The number of hydrogen-bond donors (Lipinski definition) is 2. The largest absolute Gasteiger partial charge is 0.392 e. The molecule has 0 radical (unpaired) electrons. The van der Waals surface area contributed by atoms with E-state index >= 15 is 0 Å². The Morgan fingerprint density at radius 2 is 2.00 bits per heavy atom. The number of rotatable bonds is 1. The molecule has 0 spiro atoms. The van der Waals surface area contributed by atoms with Crippen molar-refractivity contribution in [3.8, 4) is 0 Å². The fourth-order valence-corrected chi connectivity index (χ4v) is 1.03. The first-order chi connectivity index (χ1) is 5.81. The first-order valence-corrected chi connectivity index (χ1v) is 3.41. The Bertz CT molecular complexity index is 412. The predicted octanol–water partition coefficient (Wildman–Crippen LogP) is 0.589. The molecule has 0 saturated carbocycles. The number of aliphatic hydroxyl groups excluding tert-OH is 1. The van der Waals surface area contributed by atoms with Gasteiger partial charge in [0.2, 0.25) is 0 Å². The molecule has 0 fully saturated rings. The molecular formula is C7H6FN3O. The van der Waals surface area contributed by atoms with Crippen LogP contribution < -0.4 is 0 Å². The van der Waals surface area contributed by atoms with Crippen LogP contribution in [0.25, 0.3) is 11.0 Å². The minimum Gasteiger partial charge on any atom is -0.392 e. The molecule has 0 amide bonds. The van der Waals surface area contributed by atoms with Crippen molar-refractivity contribution in [1.29, 1.82) is 0 Å². The monoisotopic (exact) mass is 167 g/mol. The van der Waals surface area contributed by atoms with Crippen molar-refractivity contribution in [3.63, 3.8) is 0 Å². The van der Waals surface area contributed by atoms with Gasteiger partial charge in [0.15, 0.2) is 0 Å². The van der Waals surface area contributed by atoms with Crippen LogP contribution in [0.4, 0.5) is 4.39 Å². The molecule has 0 bridgehead atoms. The van der Waals surface area contributed by atoms with Crippen LogP contribution in [0.5, 0.6) is 0 Å². The molecule has 4 nitrogen and oxygen atoms in total. The summed E-state index contributed by atoms with van der Waals surface area (Å²) in [6, 6.07) is 2.71. The molecule has 0 unspecified atom stereocenters. The Kier molecular flexibility index (Phi) is 1.51. The summed E-state index contributed by atoms with van der Waals surface area (Å²) >= 11 is 0. The van der Waals surface area contributed by atoms with E-state index in [4.69, 9.17) is 5.11 Å². The van der Waals surface area contributed by atoms with E-state index in [1.807, 2.05) is 0 Å². The number of benzene rings is 1. The first-order valence-electron chi connectivity index (χ1n) is 3.41. The Labute approximate surface area is 67.0 Å². The van der Waals surface area contributed by atoms with Crippen molar-refractivity contribution >= 4 is 11.0 Å². The van der Waals surface area contributed by atoms with E-state index in [1.54, 1.807) is 0 Å². The third kappa shape index (κ3) is 0.947. The summed E-state index contributed by atoms with van der Waals surface area (Å²) in [6.07, 6.45) is 0. The topological polar surface area (TPSA) is 61.8 Å². The van der Waals surface area contributed by atoms with Crippen LogP contribution >= 0.6 is 0 Å². The van der Waals surface area contributed by atoms with Gasteiger partial charge in [-0.3, -0.25) is 0 Å². The smallest absolute Gasteiger partial charge is 0.131 e.